The molecule has 0 radical (unpaired) electrons. The summed E-state index contributed by atoms with van der Waals surface area (Å²) in [6.07, 6.45) is 0. The van der Waals surface area contributed by atoms with Crippen molar-refractivity contribution in [2.75, 3.05) is 7.11 Å². The van der Waals surface area contributed by atoms with Crippen molar-refractivity contribution in [3.63, 3.8) is 0 Å². The number of methoxy groups -OCH3 is 1. The second-order valence-corrected chi connectivity index (χ2v) is 5.26. The molecule has 0 aliphatic heterocycles. The van der Waals surface area contributed by atoms with Gasteiger partial charge in [-0.25, -0.2) is 0 Å². The lowest BCUT2D eigenvalue weighted by atomic mass is 10.1. The first-order valence-corrected chi connectivity index (χ1v) is 5.40. The number of rotatable bonds is 2. The molecule has 0 saturated carbocycles. The number of benzene rings is 1. The van der Waals surface area contributed by atoms with E-state index in [2.05, 4.69) is 31.9 Å². The Labute approximate surface area is 95.1 Å². The minimum atomic E-state index is 0.877. The summed E-state index contributed by atoms with van der Waals surface area (Å²) in [5.41, 5.74) is 2.34. The summed E-state index contributed by atoms with van der Waals surface area (Å²) < 4.78 is 6.05. The number of ether oxygens (including phenoxy) is 1. The van der Waals surface area contributed by atoms with Crippen molar-refractivity contribution in [3.8, 4) is 5.75 Å². The summed E-state index contributed by atoms with van der Waals surface area (Å²) >= 11 is 6.75. The second-order valence-electron chi connectivity index (χ2n) is 2.61. The van der Waals surface area contributed by atoms with Crippen LogP contribution in [0.3, 0.4) is 0 Å². The van der Waals surface area contributed by atoms with Gasteiger partial charge in [0.05, 0.1) is 10.5 Å². The van der Waals surface area contributed by atoms with Crippen LogP contribution in [0.25, 0.3) is 5.57 Å². The van der Waals surface area contributed by atoms with E-state index in [1.165, 1.54) is 11.1 Å². The zero-order valence-corrected chi connectivity index (χ0v) is 10.6. The fourth-order valence-electron chi connectivity index (χ4n) is 0.950. The maximum absolute atomic E-state index is 5.07. The Morgan fingerprint density at radius 2 is 1.69 bits per heavy atom. The van der Waals surface area contributed by atoms with Gasteiger partial charge in [-0.1, -0.05) is 12.1 Å². The summed E-state index contributed by atoms with van der Waals surface area (Å²) in [4.78, 5) is 0. The first-order chi connectivity index (χ1) is 6.15. The van der Waals surface area contributed by atoms with Crippen LogP contribution in [0, 0.1) is 0 Å². The zero-order valence-electron chi connectivity index (χ0n) is 7.47. The molecule has 0 N–H and O–H groups in total. The highest BCUT2D eigenvalue weighted by Gasteiger charge is 1.99. The first-order valence-electron chi connectivity index (χ1n) is 3.81. The molecule has 0 fully saturated rings. The number of hydrogen-bond acceptors (Lipinski definition) is 1. The van der Waals surface area contributed by atoms with Crippen LogP contribution < -0.4 is 4.74 Å². The average Bonchev–Trinajstić information content (AvgIpc) is 2.17. The molecule has 13 heavy (non-hydrogen) atoms. The van der Waals surface area contributed by atoms with E-state index in [1.807, 2.05) is 31.2 Å². The van der Waals surface area contributed by atoms with Crippen LogP contribution in [0.1, 0.15) is 12.5 Å². The topological polar surface area (TPSA) is 9.23 Å². The minimum Gasteiger partial charge on any atom is -0.497 e. The van der Waals surface area contributed by atoms with E-state index in [0.717, 1.165) is 9.14 Å². The normalized spacial score (nSPS) is 9.54. The molecule has 0 aromatic heterocycles. The van der Waals surface area contributed by atoms with Crippen LogP contribution in [0.5, 0.6) is 5.75 Å². The number of halogens is 2. The van der Waals surface area contributed by atoms with Gasteiger partial charge in [0.25, 0.3) is 0 Å². The highest BCUT2D eigenvalue weighted by Crippen LogP contribution is 2.27. The number of allylic oxidation sites excluding steroid dienone is 1. The Bertz CT molecular complexity index is 310. The van der Waals surface area contributed by atoms with Crippen LogP contribution in [0.2, 0.25) is 0 Å². The molecule has 0 aliphatic rings. The fourth-order valence-corrected chi connectivity index (χ4v) is 1.41. The van der Waals surface area contributed by atoms with Crippen LogP contribution in [-0.2, 0) is 0 Å². The maximum Gasteiger partial charge on any atom is 0.118 e. The van der Waals surface area contributed by atoms with E-state index in [-0.39, 0.29) is 0 Å². The third kappa shape index (κ3) is 2.85. The predicted molar refractivity (Wildman–Crippen MR) is 63.4 cm³/mol. The summed E-state index contributed by atoms with van der Waals surface area (Å²) in [6, 6.07) is 7.94. The first kappa shape index (κ1) is 10.8. The molecule has 3 heteroatoms. The van der Waals surface area contributed by atoms with Crippen molar-refractivity contribution in [3.05, 3.63) is 33.2 Å². The minimum absolute atomic E-state index is 0.877. The van der Waals surface area contributed by atoms with Gasteiger partial charge < -0.3 is 4.74 Å². The van der Waals surface area contributed by atoms with Crippen molar-refractivity contribution in [1.82, 2.24) is 0 Å². The van der Waals surface area contributed by atoms with Crippen molar-refractivity contribution < 1.29 is 4.74 Å². The van der Waals surface area contributed by atoms with Gasteiger partial charge in [-0.3, -0.25) is 0 Å². The van der Waals surface area contributed by atoms with Gasteiger partial charge >= 0.3 is 0 Å². The summed E-state index contributed by atoms with van der Waals surface area (Å²) in [6.45, 7) is 2.04. The van der Waals surface area contributed by atoms with Crippen LogP contribution in [0.15, 0.2) is 27.7 Å². The van der Waals surface area contributed by atoms with Gasteiger partial charge in [0.1, 0.15) is 5.75 Å². The van der Waals surface area contributed by atoms with Gasteiger partial charge in [0.2, 0.25) is 0 Å². The molecule has 1 aromatic rings. The zero-order chi connectivity index (χ0) is 9.84. The quantitative estimate of drug-likeness (QED) is 0.796. The fraction of sp³-hybridized carbons (Fsp3) is 0.200. The third-order valence-electron chi connectivity index (χ3n) is 1.81. The third-order valence-corrected chi connectivity index (χ3v) is 3.00. The molecule has 0 atom stereocenters. The number of hydrogen-bond donors (Lipinski definition) is 0. The Morgan fingerprint density at radius 1 is 1.15 bits per heavy atom. The largest absolute Gasteiger partial charge is 0.497 e. The lowest BCUT2D eigenvalue weighted by Crippen LogP contribution is -1.83. The maximum atomic E-state index is 5.07. The highest BCUT2D eigenvalue weighted by atomic mass is 79.9. The molecule has 0 bridgehead atoms. The van der Waals surface area contributed by atoms with Gasteiger partial charge in [-0.05, 0) is 62.1 Å². The van der Waals surface area contributed by atoms with E-state index >= 15 is 0 Å². The molecule has 1 rings (SSSR count). The molecule has 0 amide bonds. The van der Waals surface area contributed by atoms with E-state index in [0.29, 0.717) is 0 Å². The van der Waals surface area contributed by atoms with E-state index in [9.17, 15) is 0 Å². The van der Waals surface area contributed by atoms with E-state index in [1.54, 1.807) is 7.11 Å². The van der Waals surface area contributed by atoms with Crippen LogP contribution in [0.4, 0.5) is 0 Å². The molecule has 0 saturated heterocycles. The smallest absolute Gasteiger partial charge is 0.118 e. The lowest BCUT2D eigenvalue weighted by molar-refractivity contribution is 0.415. The molecule has 1 nitrogen and oxygen atoms in total. The molecule has 1 aromatic carbocycles. The van der Waals surface area contributed by atoms with Crippen molar-refractivity contribution >= 4 is 37.4 Å². The van der Waals surface area contributed by atoms with E-state index in [4.69, 9.17) is 4.74 Å². The van der Waals surface area contributed by atoms with Crippen LogP contribution in [-0.4, -0.2) is 7.11 Å². The molecular formula is C10H10Br2O. The van der Waals surface area contributed by atoms with Gasteiger partial charge in [0, 0.05) is 0 Å². The molecule has 0 spiro atoms. The van der Waals surface area contributed by atoms with Gasteiger partial charge in [0.15, 0.2) is 0 Å². The summed E-state index contributed by atoms with van der Waals surface area (Å²) in [5, 5.41) is 0. The lowest BCUT2D eigenvalue weighted by Gasteiger charge is -2.03. The Hall–Kier alpha value is -0.280. The molecule has 0 aliphatic carbocycles. The van der Waals surface area contributed by atoms with Gasteiger partial charge in [-0.2, -0.15) is 0 Å². The molecule has 0 unspecified atom stereocenters. The molecular weight excluding hydrogens is 296 g/mol. The molecule has 70 valence electrons. The SMILES string of the molecule is COc1ccc(C(C)=C(Br)Br)cc1. The summed E-state index contributed by atoms with van der Waals surface area (Å²) in [5.74, 6) is 0.877. The monoisotopic (exact) mass is 304 g/mol. The Kier molecular flexibility index (Phi) is 4.00. The van der Waals surface area contributed by atoms with Crippen molar-refractivity contribution in [1.29, 1.82) is 0 Å². The van der Waals surface area contributed by atoms with E-state index < -0.39 is 0 Å². The van der Waals surface area contributed by atoms with Crippen molar-refractivity contribution in [2.24, 2.45) is 0 Å². The Balaban J connectivity index is 2.99. The average molecular weight is 306 g/mol. The van der Waals surface area contributed by atoms with Crippen molar-refractivity contribution in [2.45, 2.75) is 6.92 Å². The highest BCUT2D eigenvalue weighted by molar-refractivity contribution is 9.28. The molecule has 0 heterocycles. The predicted octanol–water partition coefficient (Wildman–Crippen LogP) is 4.17. The van der Waals surface area contributed by atoms with Gasteiger partial charge in [-0.15, -0.1) is 0 Å². The van der Waals surface area contributed by atoms with Crippen LogP contribution >= 0.6 is 31.9 Å². The summed E-state index contributed by atoms with van der Waals surface area (Å²) in [7, 11) is 1.66. The Morgan fingerprint density at radius 3 is 2.08 bits per heavy atom. The second kappa shape index (κ2) is 4.82. The standard InChI is InChI=1S/C10H10Br2O/c1-7(10(11)12)8-3-5-9(13-2)6-4-8/h3-6H,1-2H3.